The fourth-order valence-corrected chi connectivity index (χ4v) is 7.48. The molecule has 0 amide bonds. The predicted molar refractivity (Wildman–Crippen MR) is 89.2 cm³/mol. The highest BCUT2D eigenvalue weighted by atomic mass is 16.4. The Morgan fingerprint density at radius 1 is 1.25 bits per heavy atom. The summed E-state index contributed by atoms with van der Waals surface area (Å²) in [6.07, 6.45) is 4.86. The number of carboxylic acids is 1. The number of allylic oxidation sites excluding steroid dienone is 1. The zero-order chi connectivity index (χ0) is 17.5. The number of fused-ring (bicyclic) bond motifs is 3. The lowest BCUT2D eigenvalue weighted by atomic mass is 9.40. The van der Waals surface area contributed by atoms with Gasteiger partial charge >= 0.3 is 5.97 Å². The fourth-order valence-electron chi connectivity index (χ4n) is 7.48. The van der Waals surface area contributed by atoms with Gasteiger partial charge in [-0.05, 0) is 68.3 Å². The molecule has 24 heavy (non-hydrogen) atoms. The molecule has 4 aliphatic carbocycles. The second-order valence-corrected chi connectivity index (χ2v) is 9.37. The number of aliphatic hydroxyl groups is 1. The Labute approximate surface area is 143 Å². The summed E-state index contributed by atoms with van der Waals surface area (Å²) < 4.78 is 0. The van der Waals surface area contributed by atoms with Crippen molar-refractivity contribution in [2.24, 2.45) is 34.0 Å². The molecule has 1 spiro atoms. The van der Waals surface area contributed by atoms with Crippen LogP contribution in [0, 0.1) is 34.0 Å². The molecule has 2 bridgehead atoms. The van der Waals surface area contributed by atoms with Crippen molar-refractivity contribution >= 4 is 11.8 Å². The molecule has 4 saturated carbocycles. The van der Waals surface area contributed by atoms with Crippen LogP contribution in [0.4, 0.5) is 0 Å². The fraction of sp³-hybridized carbons (Fsp3) is 0.800. The van der Waals surface area contributed by atoms with Crippen molar-refractivity contribution in [1.29, 1.82) is 0 Å². The minimum atomic E-state index is -0.746. The summed E-state index contributed by atoms with van der Waals surface area (Å²) in [4.78, 5) is 25.1. The van der Waals surface area contributed by atoms with Gasteiger partial charge in [-0.15, -0.1) is 0 Å². The third kappa shape index (κ3) is 1.68. The number of Topliss-reactive ketones (excluding diaryl/α,β-unsaturated/α-hetero) is 1. The van der Waals surface area contributed by atoms with Gasteiger partial charge in [-0.1, -0.05) is 19.9 Å². The van der Waals surface area contributed by atoms with Crippen LogP contribution < -0.4 is 0 Å². The largest absolute Gasteiger partial charge is 0.481 e. The van der Waals surface area contributed by atoms with Gasteiger partial charge in [-0.25, -0.2) is 0 Å². The Balaban J connectivity index is 1.83. The molecule has 4 heteroatoms. The molecule has 4 nitrogen and oxygen atoms in total. The molecule has 0 heterocycles. The van der Waals surface area contributed by atoms with Gasteiger partial charge in [0.2, 0.25) is 0 Å². The third-order valence-electron chi connectivity index (χ3n) is 8.41. The molecule has 0 radical (unpaired) electrons. The predicted octanol–water partition coefficient (Wildman–Crippen LogP) is 3.19. The average molecular weight is 332 g/mol. The van der Waals surface area contributed by atoms with Crippen molar-refractivity contribution in [2.45, 2.75) is 64.9 Å². The van der Waals surface area contributed by atoms with Crippen molar-refractivity contribution in [3.63, 3.8) is 0 Å². The highest BCUT2D eigenvalue weighted by molar-refractivity contribution is 6.03. The zero-order valence-electron chi connectivity index (χ0n) is 14.7. The van der Waals surface area contributed by atoms with Gasteiger partial charge in [0, 0.05) is 11.3 Å². The van der Waals surface area contributed by atoms with E-state index in [1.54, 1.807) is 0 Å². The van der Waals surface area contributed by atoms with Gasteiger partial charge in [-0.2, -0.15) is 0 Å². The van der Waals surface area contributed by atoms with Crippen molar-refractivity contribution in [3.05, 3.63) is 12.2 Å². The van der Waals surface area contributed by atoms with E-state index < -0.39 is 22.9 Å². The van der Waals surface area contributed by atoms with Crippen LogP contribution in [0.25, 0.3) is 0 Å². The number of hydrogen-bond acceptors (Lipinski definition) is 3. The van der Waals surface area contributed by atoms with E-state index in [9.17, 15) is 19.8 Å². The van der Waals surface area contributed by atoms with Crippen LogP contribution in [0.5, 0.6) is 0 Å². The van der Waals surface area contributed by atoms with Crippen LogP contribution in [0.3, 0.4) is 0 Å². The van der Waals surface area contributed by atoms with Crippen molar-refractivity contribution in [3.8, 4) is 0 Å². The second kappa shape index (κ2) is 4.72. The summed E-state index contributed by atoms with van der Waals surface area (Å²) in [6.45, 7) is 8.06. The Morgan fingerprint density at radius 2 is 1.96 bits per heavy atom. The van der Waals surface area contributed by atoms with Crippen molar-refractivity contribution in [2.75, 3.05) is 0 Å². The highest BCUT2D eigenvalue weighted by Gasteiger charge is 2.70. The van der Waals surface area contributed by atoms with Gasteiger partial charge < -0.3 is 10.2 Å². The first-order valence-electron chi connectivity index (χ1n) is 9.32. The number of ketones is 1. The second-order valence-electron chi connectivity index (χ2n) is 9.37. The van der Waals surface area contributed by atoms with Crippen LogP contribution in [0.15, 0.2) is 12.2 Å². The maximum atomic E-state index is 13.1. The molecule has 7 atom stereocenters. The van der Waals surface area contributed by atoms with Crippen LogP contribution >= 0.6 is 0 Å². The van der Waals surface area contributed by atoms with Crippen LogP contribution in [0.1, 0.15) is 58.8 Å². The van der Waals surface area contributed by atoms with Gasteiger partial charge in [0.25, 0.3) is 0 Å². The number of aliphatic hydroxyl groups excluding tert-OH is 1. The minimum absolute atomic E-state index is 0.0275. The number of rotatable bonds is 1. The average Bonchev–Trinajstić information content (AvgIpc) is 2.68. The standard InChI is InChI=1S/C20H28O4/c1-11-12-9-13(21)15-18(2)6-4-7-19(3,17(23)24)14(18)5-8-20(15,10-12)16(11)22/h12-15,21H,1,4-10H2,2-3H3,(H,23,24)/t12-,13+,14-,15+,18-,19-,20-/m1/s1. The van der Waals surface area contributed by atoms with E-state index in [0.717, 1.165) is 25.7 Å². The minimum Gasteiger partial charge on any atom is -0.481 e. The first-order chi connectivity index (χ1) is 11.2. The topological polar surface area (TPSA) is 74.6 Å². The Morgan fingerprint density at radius 3 is 2.62 bits per heavy atom. The molecule has 0 saturated heterocycles. The van der Waals surface area contributed by atoms with Gasteiger partial charge in [0.1, 0.15) is 0 Å². The van der Waals surface area contributed by atoms with E-state index >= 15 is 0 Å². The van der Waals surface area contributed by atoms with E-state index in [2.05, 4.69) is 13.5 Å². The number of hydrogen-bond donors (Lipinski definition) is 2. The van der Waals surface area contributed by atoms with E-state index in [0.29, 0.717) is 24.8 Å². The van der Waals surface area contributed by atoms with E-state index in [-0.39, 0.29) is 29.0 Å². The monoisotopic (exact) mass is 332 g/mol. The highest BCUT2D eigenvalue weighted by Crippen LogP contribution is 2.71. The lowest BCUT2D eigenvalue weighted by molar-refractivity contribution is -0.199. The number of carboxylic acid groups (broad SMARTS) is 1. The van der Waals surface area contributed by atoms with Gasteiger partial charge in [0.05, 0.1) is 11.5 Å². The Bertz CT molecular complexity index is 640. The van der Waals surface area contributed by atoms with Gasteiger partial charge in [0.15, 0.2) is 5.78 Å². The maximum Gasteiger partial charge on any atom is 0.309 e. The number of aliphatic carboxylic acids is 1. The first-order valence-corrected chi connectivity index (χ1v) is 9.32. The van der Waals surface area contributed by atoms with Gasteiger partial charge in [-0.3, -0.25) is 9.59 Å². The third-order valence-corrected chi connectivity index (χ3v) is 8.41. The van der Waals surface area contributed by atoms with Crippen molar-refractivity contribution < 1.29 is 19.8 Å². The molecule has 0 aromatic rings. The lowest BCUT2D eigenvalue weighted by Crippen LogP contribution is -2.62. The normalized spacial score (nSPS) is 53.5. The zero-order valence-corrected chi connectivity index (χ0v) is 14.7. The van der Waals surface area contributed by atoms with Crippen LogP contribution in [-0.4, -0.2) is 28.1 Å². The summed E-state index contributed by atoms with van der Waals surface area (Å²) in [7, 11) is 0. The van der Waals surface area contributed by atoms with E-state index in [1.165, 1.54) is 0 Å². The molecule has 4 fully saturated rings. The Hall–Kier alpha value is -1.16. The van der Waals surface area contributed by atoms with Crippen LogP contribution in [-0.2, 0) is 9.59 Å². The molecule has 4 aliphatic rings. The van der Waals surface area contributed by atoms with E-state index in [4.69, 9.17) is 0 Å². The Kier molecular flexibility index (Phi) is 3.21. The summed E-state index contributed by atoms with van der Waals surface area (Å²) >= 11 is 0. The summed E-state index contributed by atoms with van der Waals surface area (Å²) in [5, 5.41) is 20.9. The first kappa shape index (κ1) is 16.3. The SMILES string of the molecule is C=C1C(=O)[C@@]23CC[C@@H]4[C@@](C)(CCC[C@@]4(C)C(=O)O)[C@@H]2[C@@H](O)C[C@@H]1C3. The summed E-state index contributed by atoms with van der Waals surface area (Å²) in [5.41, 5.74) is -0.810. The summed E-state index contributed by atoms with van der Waals surface area (Å²) in [6, 6.07) is 0. The summed E-state index contributed by atoms with van der Waals surface area (Å²) in [5.74, 6) is -0.528. The lowest BCUT2D eigenvalue weighted by Gasteiger charge is -2.63. The molecule has 2 N–H and O–H groups in total. The van der Waals surface area contributed by atoms with Crippen molar-refractivity contribution in [1.82, 2.24) is 0 Å². The van der Waals surface area contributed by atoms with Crippen LogP contribution in [0.2, 0.25) is 0 Å². The number of carbonyl (C=O) groups is 2. The molecule has 0 unspecified atom stereocenters. The smallest absolute Gasteiger partial charge is 0.309 e. The molecular weight excluding hydrogens is 304 g/mol. The molecule has 0 aromatic carbocycles. The number of carbonyl (C=O) groups excluding carboxylic acids is 1. The molecule has 0 aromatic heterocycles. The molecule has 132 valence electrons. The van der Waals surface area contributed by atoms with E-state index in [1.807, 2.05) is 6.92 Å². The molecule has 4 rings (SSSR count). The quantitative estimate of drug-likeness (QED) is 0.723. The molecule has 0 aliphatic heterocycles. The molecular formula is C20H28O4. The maximum absolute atomic E-state index is 13.1.